The Morgan fingerprint density at radius 1 is 1.12 bits per heavy atom. The minimum Gasteiger partial charge on any atom is -0.468 e. The molecule has 0 radical (unpaired) electrons. The number of rotatable bonds is 9. The van der Waals surface area contributed by atoms with Crippen molar-refractivity contribution in [2.45, 2.75) is 64.6 Å². The third-order valence-corrected chi connectivity index (χ3v) is 3.82. The second kappa shape index (κ2) is 10.8. The Balaban J connectivity index is 2.39. The first kappa shape index (κ1) is 22.0. The maximum atomic E-state index is 12.0. The molecule has 1 amide bonds. The van der Waals surface area contributed by atoms with Crippen molar-refractivity contribution in [1.29, 1.82) is 0 Å². The van der Waals surface area contributed by atoms with Crippen LogP contribution in [0.25, 0.3) is 0 Å². The van der Waals surface area contributed by atoms with Gasteiger partial charge in [-0.05, 0) is 52.5 Å². The van der Waals surface area contributed by atoms with Gasteiger partial charge in [0.05, 0.1) is 7.11 Å². The van der Waals surface area contributed by atoms with Gasteiger partial charge in [-0.1, -0.05) is 30.3 Å². The van der Waals surface area contributed by atoms with Crippen LogP contribution < -0.4 is 10.6 Å². The molecule has 0 aromatic heterocycles. The molecule has 2 atom stereocenters. The molecule has 0 aliphatic carbocycles. The van der Waals surface area contributed by atoms with Crippen molar-refractivity contribution in [3.05, 3.63) is 35.9 Å². The first-order chi connectivity index (χ1) is 12.2. The summed E-state index contributed by atoms with van der Waals surface area (Å²) in [7, 11) is 1.40. The van der Waals surface area contributed by atoms with Crippen LogP contribution in [0, 0.1) is 0 Å². The summed E-state index contributed by atoms with van der Waals surface area (Å²) in [6.07, 6.45) is 1.76. The predicted molar refractivity (Wildman–Crippen MR) is 102 cm³/mol. The Kier molecular flexibility index (Phi) is 9.13. The van der Waals surface area contributed by atoms with Crippen LogP contribution in [0.1, 0.15) is 58.6 Å². The molecule has 0 saturated carbocycles. The molecular weight excluding hydrogens is 332 g/mol. The van der Waals surface area contributed by atoms with E-state index < -0.39 is 11.7 Å². The molecule has 1 aromatic rings. The number of nitrogens with one attached hydrogen (secondary N) is 2. The minimum atomic E-state index is -0.502. The van der Waals surface area contributed by atoms with Crippen LogP contribution in [0.5, 0.6) is 0 Å². The highest BCUT2D eigenvalue weighted by molar-refractivity contribution is 5.75. The summed E-state index contributed by atoms with van der Waals surface area (Å²) in [6, 6.07) is 9.63. The SMILES string of the molecule is COC(=O)C(CCCCNC(=O)OC(C)(C)C)NC(C)c1ccccc1. The molecule has 0 saturated heterocycles. The standard InChI is InChI=1S/C20H32N2O4/c1-15(16-11-7-6-8-12-16)22-17(18(23)25-5)13-9-10-14-21-19(24)26-20(2,3)4/h6-8,11-12,15,17,22H,9-10,13-14H2,1-5H3,(H,21,24). The molecule has 2 unspecified atom stereocenters. The van der Waals surface area contributed by atoms with Gasteiger partial charge in [-0.3, -0.25) is 10.1 Å². The zero-order valence-corrected chi connectivity index (χ0v) is 16.5. The summed E-state index contributed by atoms with van der Waals surface area (Å²) in [4.78, 5) is 23.6. The number of alkyl carbamates (subject to hydrolysis) is 1. The van der Waals surface area contributed by atoms with Crippen LogP contribution >= 0.6 is 0 Å². The minimum absolute atomic E-state index is 0.0418. The summed E-state index contributed by atoms with van der Waals surface area (Å²) in [5.74, 6) is -0.270. The number of carbonyl (C=O) groups is 2. The zero-order valence-electron chi connectivity index (χ0n) is 16.5. The highest BCUT2D eigenvalue weighted by Gasteiger charge is 2.21. The van der Waals surface area contributed by atoms with E-state index in [1.54, 1.807) is 0 Å². The number of hydrogen-bond acceptors (Lipinski definition) is 5. The molecule has 2 N–H and O–H groups in total. The maximum Gasteiger partial charge on any atom is 0.407 e. The molecule has 0 fully saturated rings. The second-order valence-electron chi connectivity index (χ2n) is 7.30. The van der Waals surface area contributed by atoms with Gasteiger partial charge in [0.1, 0.15) is 11.6 Å². The third-order valence-electron chi connectivity index (χ3n) is 3.82. The number of ether oxygens (including phenoxy) is 2. The Hall–Kier alpha value is -2.08. The Bertz CT molecular complexity index is 555. The fraction of sp³-hybridized carbons (Fsp3) is 0.600. The molecule has 6 nitrogen and oxygen atoms in total. The van der Waals surface area contributed by atoms with Crippen molar-refractivity contribution in [3.63, 3.8) is 0 Å². The zero-order chi connectivity index (χ0) is 19.6. The number of benzene rings is 1. The number of carbonyl (C=O) groups excluding carboxylic acids is 2. The number of esters is 1. The average molecular weight is 364 g/mol. The quantitative estimate of drug-likeness (QED) is 0.517. The lowest BCUT2D eigenvalue weighted by atomic mass is 10.0. The number of methoxy groups -OCH3 is 1. The van der Waals surface area contributed by atoms with E-state index in [1.165, 1.54) is 7.11 Å². The molecule has 6 heteroatoms. The first-order valence-corrected chi connectivity index (χ1v) is 9.08. The normalized spacial score (nSPS) is 13.6. The van der Waals surface area contributed by atoms with Crippen molar-refractivity contribution in [2.24, 2.45) is 0 Å². The van der Waals surface area contributed by atoms with E-state index in [-0.39, 0.29) is 18.1 Å². The first-order valence-electron chi connectivity index (χ1n) is 9.08. The highest BCUT2D eigenvalue weighted by atomic mass is 16.6. The second-order valence-corrected chi connectivity index (χ2v) is 7.30. The Morgan fingerprint density at radius 3 is 2.35 bits per heavy atom. The van der Waals surface area contributed by atoms with Gasteiger partial charge in [-0.15, -0.1) is 0 Å². The van der Waals surface area contributed by atoms with E-state index in [0.29, 0.717) is 13.0 Å². The van der Waals surface area contributed by atoms with E-state index in [1.807, 2.05) is 58.0 Å². The molecule has 0 heterocycles. The largest absolute Gasteiger partial charge is 0.468 e. The van der Waals surface area contributed by atoms with Crippen LogP contribution in [0.3, 0.4) is 0 Å². The van der Waals surface area contributed by atoms with Crippen molar-refractivity contribution in [3.8, 4) is 0 Å². The van der Waals surface area contributed by atoms with Crippen LogP contribution in [0.4, 0.5) is 4.79 Å². The average Bonchev–Trinajstić information content (AvgIpc) is 2.58. The van der Waals surface area contributed by atoms with Gasteiger partial charge in [0.25, 0.3) is 0 Å². The Morgan fingerprint density at radius 2 is 1.77 bits per heavy atom. The van der Waals surface area contributed by atoms with Gasteiger partial charge >= 0.3 is 12.1 Å². The van der Waals surface area contributed by atoms with Gasteiger partial charge in [-0.25, -0.2) is 4.79 Å². The highest BCUT2D eigenvalue weighted by Crippen LogP contribution is 2.14. The summed E-state index contributed by atoms with van der Waals surface area (Å²) in [6.45, 7) is 8.01. The van der Waals surface area contributed by atoms with Crippen molar-refractivity contribution >= 4 is 12.1 Å². The number of unbranched alkanes of at least 4 members (excludes halogenated alkanes) is 1. The monoisotopic (exact) mass is 364 g/mol. The Labute approximate surface area is 156 Å². The molecule has 1 rings (SSSR count). The van der Waals surface area contributed by atoms with Crippen molar-refractivity contribution in [2.75, 3.05) is 13.7 Å². The number of hydrogen-bond donors (Lipinski definition) is 2. The lowest BCUT2D eigenvalue weighted by Crippen LogP contribution is -2.39. The van der Waals surface area contributed by atoms with Gasteiger partial charge < -0.3 is 14.8 Å². The van der Waals surface area contributed by atoms with E-state index in [0.717, 1.165) is 18.4 Å². The fourth-order valence-electron chi connectivity index (χ4n) is 2.53. The molecule has 1 aromatic carbocycles. The fourth-order valence-corrected chi connectivity index (χ4v) is 2.53. The smallest absolute Gasteiger partial charge is 0.407 e. The lowest BCUT2D eigenvalue weighted by molar-refractivity contribution is -0.143. The van der Waals surface area contributed by atoms with Crippen LogP contribution in [-0.4, -0.2) is 37.4 Å². The maximum absolute atomic E-state index is 12.0. The predicted octanol–water partition coefficient (Wildman–Crippen LogP) is 3.57. The van der Waals surface area contributed by atoms with E-state index in [4.69, 9.17) is 9.47 Å². The summed E-state index contributed by atoms with van der Waals surface area (Å²) < 4.78 is 10.1. The molecule has 26 heavy (non-hydrogen) atoms. The van der Waals surface area contributed by atoms with Crippen molar-refractivity contribution < 1.29 is 19.1 Å². The van der Waals surface area contributed by atoms with Crippen molar-refractivity contribution in [1.82, 2.24) is 10.6 Å². The van der Waals surface area contributed by atoms with Crippen LogP contribution in [-0.2, 0) is 14.3 Å². The molecule has 0 spiro atoms. The molecule has 0 aliphatic rings. The van der Waals surface area contributed by atoms with Gasteiger partial charge in [0, 0.05) is 12.6 Å². The molecule has 146 valence electrons. The van der Waals surface area contributed by atoms with E-state index >= 15 is 0 Å². The van der Waals surface area contributed by atoms with Gasteiger partial charge in [0.15, 0.2) is 0 Å². The van der Waals surface area contributed by atoms with Gasteiger partial charge in [0.2, 0.25) is 0 Å². The lowest BCUT2D eigenvalue weighted by Gasteiger charge is -2.22. The van der Waals surface area contributed by atoms with E-state index in [2.05, 4.69) is 10.6 Å². The summed E-state index contributed by atoms with van der Waals surface area (Å²) >= 11 is 0. The van der Waals surface area contributed by atoms with Gasteiger partial charge in [-0.2, -0.15) is 0 Å². The van der Waals surface area contributed by atoms with Crippen LogP contribution in [0.15, 0.2) is 30.3 Å². The molecular formula is C20H32N2O4. The molecule has 0 aliphatic heterocycles. The summed E-state index contributed by atoms with van der Waals surface area (Å²) in [5, 5.41) is 6.05. The van der Waals surface area contributed by atoms with Crippen LogP contribution in [0.2, 0.25) is 0 Å². The number of amides is 1. The summed E-state index contributed by atoms with van der Waals surface area (Å²) in [5.41, 5.74) is 0.616. The van der Waals surface area contributed by atoms with E-state index in [9.17, 15) is 9.59 Å². The molecule has 0 bridgehead atoms. The topological polar surface area (TPSA) is 76.7 Å². The third kappa shape index (κ3) is 8.85.